The summed E-state index contributed by atoms with van der Waals surface area (Å²) in [6, 6.07) is 17.8. The molecule has 0 atom stereocenters. The zero-order chi connectivity index (χ0) is 22.1. The fraction of sp³-hybridized carbons (Fsp3) is 0.304. The third-order valence-corrected chi connectivity index (χ3v) is 5.48. The largest absolute Gasteiger partial charge is 0.357 e. The molecule has 164 valence electrons. The first-order valence-electron chi connectivity index (χ1n) is 10.3. The molecule has 0 unspecified atom stereocenters. The fourth-order valence-corrected chi connectivity index (χ4v) is 3.92. The van der Waals surface area contributed by atoms with Crippen molar-refractivity contribution in [3.05, 3.63) is 83.7 Å². The Morgan fingerprint density at radius 2 is 1.68 bits per heavy atom. The molecule has 2 aromatic carbocycles. The van der Waals surface area contributed by atoms with Gasteiger partial charge in [0.2, 0.25) is 0 Å². The predicted octanol–water partition coefficient (Wildman–Crippen LogP) is 2.71. The zero-order valence-corrected chi connectivity index (χ0v) is 18.8. The van der Waals surface area contributed by atoms with Crippen molar-refractivity contribution in [2.24, 2.45) is 4.99 Å². The topological polar surface area (TPSA) is 88.4 Å². The second kappa shape index (κ2) is 10.8. The van der Waals surface area contributed by atoms with Crippen molar-refractivity contribution in [2.75, 3.05) is 19.3 Å². The number of rotatable bonds is 9. The molecule has 1 aromatic heterocycles. The minimum Gasteiger partial charge on any atom is -0.357 e. The summed E-state index contributed by atoms with van der Waals surface area (Å²) in [5.74, 6) is 0.819. The molecule has 0 amide bonds. The van der Waals surface area contributed by atoms with Crippen LogP contribution in [-0.4, -0.2) is 43.5 Å². The van der Waals surface area contributed by atoms with Crippen molar-refractivity contribution >= 4 is 15.8 Å². The molecule has 3 aromatic rings. The Bertz CT molecular complexity index is 1070. The van der Waals surface area contributed by atoms with E-state index in [0.717, 1.165) is 42.3 Å². The Kier molecular flexibility index (Phi) is 7.83. The third-order valence-electron chi connectivity index (χ3n) is 4.63. The van der Waals surface area contributed by atoms with Crippen molar-refractivity contribution in [1.29, 1.82) is 0 Å². The Labute approximate surface area is 184 Å². The van der Waals surface area contributed by atoms with Gasteiger partial charge < -0.3 is 10.6 Å². The SMILES string of the molecule is CCNC(=NCc1ccc(CS(C)(=O)=O)cc1)NCCc1ccc(-n2cccn2)cc1. The van der Waals surface area contributed by atoms with Crippen LogP contribution in [0.15, 0.2) is 72.0 Å². The van der Waals surface area contributed by atoms with Crippen LogP contribution in [-0.2, 0) is 28.6 Å². The number of guanidine groups is 1. The van der Waals surface area contributed by atoms with Gasteiger partial charge in [0.15, 0.2) is 15.8 Å². The summed E-state index contributed by atoms with van der Waals surface area (Å²) < 4.78 is 24.6. The smallest absolute Gasteiger partial charge is 0.191 e. The molecular weight excluding hydrogens is 410 g/mol. The van der Waals surface area contributed by atoms with Gasteiger partial charge in [0.05, 0.1) is 18.0 Å². The van der Waals surface area contributed by atoms with E-state index in [1.807, 2.05) is 48.1 Å². The van der Waals surface area contributed by atoms with Gasteiger partial charge in [-0.2, -0.15) is 5.10 Å². The number of hydrogen-bond acceptors (Lipinski definition) is 4. The quantitative estimate of drug-likeness (QED) is 0.395. The lowest BCUT2D eigenvalue weighted by Gasteiger charge is -2.12. The van der Waals surface area contributed by atoms with E-state index in [9.17, 15) is 8.42 Å². The van der Waals surface area contributed by atoms with E-state index >= 15 is 0 Å². The van der Waals surface area contributed by atoms with Crippen molar-refractivity contribution in [3.63, 3.8) is 0 Å². The lowest BCUT2D eigenvalue weighted by Crippen LogP contribution is -2.38. The van der Waals surface area contributed by atoms with E-state index in [1.165, 1.54) is 11.8 Å². The second-order valence-corrected chi connectivity index (χ2v) is 9.52. The number of nitrogens with zero attached hydrogens (tertiary/aromatic N) is 3. The van der Waals surface area contributed by atoms with Crippen molar-refractivity contribution in [3.8, 4) is 5.69 Å². The summed E-state index contributed by atoms with van der Waals surface area (Å²) in [6.45, 7) is 4.09. The fourth-order valence-electron chi connectivity index (χ4n) is 3.12. The number of benzene rings is 2. The summed E-state index contributed by atoms with van der Waals surface area (Å²) in [4.78, 5) is 4.63. The Hall–Kier alpha value is -3.13. The van der Waals surface area contributed by atoms with E-state index in [0.29, 0.717) is 6.54 Å². The molecule has 0 aliphatic rings. The van der Waals surface area contributed by atoms with Crippen LogP contribution in [0, 0.1) is 0 Å². The highest BCUT2D eigenvalue weighted by Gasteiger charge is 2.04. The van der Waals surface area contributed by atoms with Crippen LogP contribution in [0.1, 0.15) is 23.6 Å². The lowest BCUT2D eigenvalue weighted by molar-refractivity contribution is 0.601. The molecule has 0 aliphatic carbocycles. The van der Waals surface area contributed by atoms with Crippen LogP contribution < -0.4 is 10.6 Å². The summed E-state index contributed by atoms with van der Waals surface area (Å²) in [5, 5.41) is 10.9. The lowest BCUT2D eigenvalue weighted by atomic mass is 10.1. The highest BCUT2D eigenvalue weighted by atomic mass is 32.2. The van der Waals surface area contributed by atoms with Crippen LogP contribution in [0.5, 0.6) is 0 Å². The van der Waals surface area contributed by atoms with E-state index in [-0.39, 0.29) is 5.75 Å². The third kappa shape index (κ3) is 7.57. The van der Waals surface area contributed by atoms with E-state index in [1.54, 1.807) is 6.20 Å². The molecule has 0 saturated heterocycles. The van der Waals surface area contributed by atoms with E-state index in [4.69, 9.17) is 0 Å². The van der Waals surface area contributed by atoms with Crippen molar-refractivity contribution in [1.82, 2.24) is 20.4 Å². The van der Waals surface area contributed by atoms with Gasteiger partial charge in [-0.05, 0) is 48.2 Å². The van der Waals surface area contributed by atoms with Crippen LogP contribution in [0.3, 0.4) is 0 Å². The summed E-state index contributed by atoms with van der Waals surface area (Å²) in [7, 11) is -3.02. The molecule has 31 heavy (non-hydrogen) atoms. The molecule has 0 fully saturated rings. The molecule has 2 N–H and O–H groups in total. The standard InChI is InChI=1S/C23H29N5O2S/c1-3-24-23(26-17-20-5-7-21(8-6-20)18-31(2,29)30)25-15-13-19-9-11-22(12-10-19)28-16-4-14-27-28/h4-12,14,16H,3,13,15,17-18H2,1-2H3,(H2,24,25,26). The minimum absolute atomic E-state index is 0.0592. The van der Waals surface area contributed by atoms with Crippen LogP contribution in [0.25, 0.3) is 5.69 Å². The molecule has 8 heteroatoms. The number of nitrogens with one attached hydrogen (secondary N) is 2. The Balaban J connectivity index is 1.51. The second-order valence-electron chi connectivity index (χ2n) is 7.38. The number of aliphatic imine (C=N–C) groups is 1. The zero-order valence-electron chi connectivity index (χ0n) is 18.0. The van der Waals surface area contributed by atoms with Gasteiger partial charge >= 0.3 is 0 Å². The van der Waals surface area contributed by atoms with Gasteiger partial charge in [-0.15, -0.1) is 0 Å². The maximum atomic E-state index is 11.4. The molecule has 0 bridgehead atoms. The maximum absolute atomic E-state index is 11.4. The first-order valence-corrected chi connectivity index (χ1v) is 12.4. The first kappa shape index (κ1) is 22.6. The number of sulfone groups is 1. The highest BCUT2D eigenvalue weighted by Crippen LogP contribution is 2.10. The van der Waals surface area contributed by atoms with E-state index < -0.39 is 9.84 Å². The van der Waals surface area contributed by atoms with Gasteiger partial charge in [0.25, 0.3) is 0 Å². The minimum atomic E-state index is -3.02. The molecule has 0 radical (unpaired) electrons. The van der Waals surface area contributed by atoms with Crippen LogP contribution in [0.2, 0.25) is 0 Å². The van der Waals surface area contributed by atoms with Gasteiger partial charge in [-0.25, -0.2) is 18.1 Å². The Morgan fingerprint density at radius 3 is 2.29 bits per heavy atom. The van der Waals surface area contributed by atoms with Crippen LogP contribution >= 0.6 is 0 Å². The van der Waals surface area contributed by atoms with E-state index in [2.05, 4.69) is 45.0 Å². The monoisotopic (exact) mass is 439 g/mol. The molecule has 0 saturated carbocycles. The Morgan fingerprint density at radius 1 is 1.00 bits per heavy atom. The average Bonchev–Trinajstić information content (AvgIpc) is 3.27. The van der Waals surface area contributed by atoms with Crippen LogP contribution in [0.4, 0.5) is 0 Å². The first-order chi connectivity index (χ1) is 14.9. The van der Waals surface area contributed by atoms with Gasteiger partial charge in [-0.3, -0.25) is 0 Å². The van der Waals surface area contributed by atoms with Gasteiger partial charge in [-0.1, -0.05) is 36.4 Å². The normalized spacial score (nSPS) is 12.0. The summed E-state index contributed by atoms with van der Waals surface area (Å²) in [5.41, 5.74) is 4.10. The predicted molar refractivity (Wildman–Crippen MR) is 125 cm³/mol. The van der Waals surface area contributed by atoms with Crippen molar-refractivity contribution < 1.29 is 8.42 Å². The van der Waals surface area contributed by atoms with Gasteiger partial charge in [0, 0.05) is 31.7 Å². The average molecular weight is 440 g/mol. The van der Waals surface area contributed by atoms with Crippen molar-refractivity contribution in [2.45, 2.75) is 25.6 Å². The highest BCUT2D eigenvalue weighted by molar-refractivity contribution is 7.89. The molecule has 7 nitrogen and oxygen atoms in total. The molecule has 0 spiro atoms. The molecule has 0 aliphatic heterocycles. The maximum Gasteiger partial charge on any atom is 0.191 e. The molecular formula is C23H29N5O2S. The summed E-state index contributed by atoms with van der Waals surface area (Å²) >= 11 is 0. The van der Waals surface area contributed by atoms with Gasteiger partial charge in [0.1, 0.15) is 0 Å². The number of hydrogen-bond donors (Lipinski definition) is 2. The molecule has 3 rings (SSSR count). The summed E-state index contributed by atoms with van der Waals surface area (Å²) in [6.07, 6.45) is 5.82. The number of aromatic nitrogens is 2. The molecule has 1 heterocycles.